The molecule has 3 aromatic rings. The largest absolute Gasteiger partial charge is 0.492 e. The second-order valence-electron chi connectivity index (χ2n) is 10.0. The van der Waals surface area contributed by atoms with E-state index >= 15 is 0 Å². The van der Waals surface area contributed by atoms with Crippen molar-refractivity contribution in [1.82, 2.24) is 24.3 Å². The van der Waals surface area contributed by atoms with Crippen LogP contribution >= 0.6 is 0 Å². The van der Waals surface area contributed by atoms with Crippen LogP contribution in [-0.2, 0) is 13.0 Å². The Hall–Kier alpha value is -3.70. The van der Waals surface area contributed by atoms with Gasteiger partial charge in [-0.15, -0.1) is 0 Å². The summed E-state index contributed by atoms with van der Waals surface area (Å²) in [6.45, 7) is 8.73. The molecule has 0 N–H and O–H groups in total. The molecule has 0 bridgehead atoms. The molecule has 8 heteroatoms. The number of benzene rings is 1. The Bertz CT molecular complexity index is 1360. The molecule has 1 unspecified atom stereocenters. The van der Waals surface area contributed by atoms with Gasteiger partial charge in [0.2, 0.25) is 0 Å². The summed E-state index contributed by atoms with van der Waals surface area (Å²) in [5.74, 6) is 1.50. The van der Waals surface area contributed by atoms with E-state index in [-0.39, 0.29) is 11.9 Å². The van der Waals surface area contributed by atoms with Gasteiger partial charge in [0.25, 0.3) is 5.91 Å². The zero-order chi connectivity index (χ0) is 26.1. The number of carbonyl (C=O) groups is 1. The molecule has 1 amide bonds. The molecule has 5 rings (SSSR count). The van der Waals surface area contributed by atoms with Crippen molar-refractivity contribution in [1.29, 1.82) is 5.26 Å². The highest BCUT2D eigenvalue weighted by Crippen LogP contribution is 2.38. The van der Waals surface area contributed by atoms with Gasteiger partial charge in [0.1, 0.15) is 23.2 Å². The standard InChI is InChI=1S/C29H34N6O2/c1-5-37-28-15-26(32-17-22(28)16-30)19(2)35-11-8-23-24(27-7-6-10-33(27)4)13-21(14-25(23)29(35)36)18-34-12-9-31-20(34)3/h9,12-15,17,19,27H,5-8,10-11,18H2,1-4H3/t19-,27?/m0/s1. The zero-order valence-corrected chi connectivity index (χ0v) is 22.1. The van der Waals surface area contributed by atoms with Gasteiger partial charge in [-0.25, -0.2) is 4.98 Å². The molecule has 0 spiro atoms. The molecule has 2 aliphatic rings. The van der Waals surface area contributed by atoms with Crippen molar-refractivity contribution >= 4 is 5.91 Å². The molecule has 0 saturated carbocycles. The number of ether oxygens (including phenoxy) is 1. The molecule has 4 heterocycles. The first kappa shape index (κ1) is 25.0. The zero-order valence-electron chi connectivity index (χ0n) is 22.1. The minimum atomic E-state index is -0.246. The van der Waals surface area contributed by atoms with Crippen LogP contribution in [0.3, 0.4) is 0 Å². The fraction of sp³-hybridized carbons (Fsp3) is 0.448. The summed E-state index contributed by atoms with van der Waals surface area (Å²) in [7, 11) is 2.18. The number of aromatic nitrogens is 3. The molecule has 2 aromatic heterocycles. The van der Waals surface area contributed by atoms with Gasteiger partial charge >= 0.3 is 0 Å². The number of aryl methyl sites for hydroxylation is 1. The third kappa shape index (κ3) is 4.72. The van der Waals surface area contributed by atoms with Crippen molar-refractivity contribution in [2.75, 3.05) is 26.7 Å². The lowest BCUT2D eigenvalue weighted by Crippen LogP contribution is -2.40. The molecule has 37 heavy (non-hydrogen) atoms. The van der Waals surface area contributed by atoms with Gasteiger partial charge in [0, 0.05) is 49.4 Å². The topological polar surface area (TPSA) is 87.3 Å². The van der Waals surface area contributed by atoms with Gasteiger partial charge in [-0.1, -0.05) is 6.07 Å². The van der Waals surface area contributed by atoms with E-state index in [1.165, 1.54) is 17.5 Å². The third-order valence-electron chi connectivity index (χ3n) is 7.80. The maximum absolute atomic E-state index is 14.0. The van der Waals surface area contributed by atoms with Gasteiger partial charge in [-0.3, -0.25) is 14.7 Å². The van der Waals surface area contributed by atoms with Crippen LogP contribution in [0.15, 0.2) is 36.8 Å². The van der Waals surface area contributed by atoms with Crippen LogP contribution in [0.5, 0.6) is 5.75 Å². The number of hydrogen-bond acceptors (Lipinski definition) is 6. The van der Waals surface area contributed by atoms with E-state index in [0.717, 1.165) is 42.0 Å². The van der Waals surface area contributed by atoms with E-state index in [4.69, 9.17) is 4.74 Å². The number of nitriles is 1. The maximum atomic E-state index is 14.0. The van der Waals surface area contributed by atoms with Crippen LogP contribution < -0.4 is 4.74 Å². The first-order chi connectivity index (χ1) is 17.9. The van der Waals surface area contributed by atoms with Gasteiger partial charge in [0.05, 0.1) is 18.3 Å². The van der Waals surface area contributed by atoms with Crippen LogP contribution in [0.25, 0.3) is 0 Å². The Labute approximate surface area is 218 Å². The fourth-order valence-corrected chi connectivity index (χ4v) is 5.74. The van der Waals surface area contributed by atoms with E-state index in [0.29, 0.717) is 37.1 Å². The Balaban J connectivity index is 1.51. The number of rotatable bonds is 7. The molecule has 2 atom stereocenters. The average Bonchev–Trinajstić information content (AvgIpc) is 3.51. The lowest BCUT2D eigenvalue weighted by Gasteiger charge is -2.36. The fourth-order valence-electron chi connectivity index (χ4n) is 5.74. The second-order valence-corrected chi connectivity index (χ2v) is 10.0. The first-order valence-electron chi connectivity index (χ1n) is 13.1. The Kier molecular flexibility index (Phi) is 6.98. The van der Waals surface area contributed by atoms with Crippen molar-refractivity contribution < 1.29 is 9.53 Å². The van der Waals surface area contributed by atoms with Crippen LogP contribution in [0.4, 0.5) is 0 Å². The number of hydrogen-bond donors (Lipinski definition) is 0. The predicted molar refractivity (Wildman–Crippen MR) is 140 cm³/mol. The molecule has 2 aliphatic heterocycles. The number of amides is 1. The molecule has 8 nitrogen and oxygen atoms in total. The number of nitrogens with zero attached hydrogens (tertiary/aromatic N) is 6. The number of imidazole rings is 1. The number of likely N-dealkylation sites (tertiary alicyclic amines) is 1. The molecule has 0 radical (unpaired) electrons. The summed E-state index contributed by atoms with van der Waals surface area (Å²) in [6, 6.07) is 8.41. The normalized spacial score (nSPS) is 18.5. The molecular formula is C29H34N6O2. The third-order valence-corrected chi connectivity index (χ3v) is 7.80. The Morgan fingerprint density at radius 2 is 2.08 bits per heavy atom. The highest BCUT2D eigenvalue weighted by molar-refractivity contribution is 5.97. The molecule has 1 saturated heterocycles. The minimum absolute atomic E-state index is 0.0315. The summed E-state index contributed by atoms with van der Waals surface area (Å²) in [4.78, 5) is 27.2. The summed E-state index contributed by atoms with van der Waals surface area (Å²) < 4.78 is 7.79. The summed E-state index contributed by atoms with van der Waals surface area (Å²) in [5.41, 5.74) is 5.51. The molecule has 1 fully saturated rings. The summed E-state index contributed by atoms with van der Waals surface area (Å²) in [5, 5.41) is 9.40. The molecular weight excluding hydrogens is 464 g/mol. The number of pyridine rings is 1. The Morgan fingerprint density at radius 3 is 2.76 bits per heavy atom. The van der Waals surface area contributed by atoms with Crippen molar-refractivity contribution in [3.05, 3.63) is 76.1 Å². The summed E-state index contributed by atoms with van der Waals surface area (Å²) >= 11 is 0. The summed E-state index contributed by atoms with van der Waals surface area (Å²) in [6.07, 6.45) is 8.43. The SMILES string of the molecule is CCOc1cc([C@H](C)N2CCc3c(cc(Cn4ccnc4C)cc3C3CCCN3C)C2=O)ncc1C#N. The smallest absolute Gasteiger partial charge is 0.254 e. The lowest BCUT2D eigenvalue weighted by atomic mass is 9.87. The molecule has 1 aromatic carbocycles. The van der Waals surface area contributed by atoms with E-state index < -0.39 is 0 Å². The number of carbonyl (C=O) groups excluding carboxylic acids is 1. The van der Waals surface area contributed by atoms with Gasteiger partial charge < -0.3 is 14.2 Å². The van der Waals surface area contributed by atoms with E-state index in [9.17, 15) is 10.1 Å². The van der Waals surface area contributed by atoms with Crippen molar-refractivity contribution in [3.63, 3.8) is 0 Å². The van der Waals surface area contributed by atoms with E-state index in [1.54, 1.807) is 12.3 Å². The van der Waals surface area contributed by atoms with Crippen LogP contribution in [-0.4, -0.2) is 57.0 Å². The Morgan fingerprint density at radius 1 is 1.24 bits per heavy atom. The van der Waals surface area contributed by atoms with Crippen LogP contribution in [0.2, 0.25) is 0 Å². The van der Waals surface area contributed by atoms with Crippen molar-refractivity contribution in [2.45, 2.75) is 58.7 Å². The highest BCUT2D eigenvalue weighted by Gasteiger charge is 2.34. The van der Waals surface area contributed by atoms with E-state index in [1.807, 2.05) is 38.1 Å². The lowest BCUT2D eigenvalue weighted by molar-refractivity contribution is 0.0667. The van der Waals surface area contributed by atoms with Gasteiger partial charge in [0.15, 0.2) is 0 Å². The van der Waals surface area contributed by atoms with Crippen molar-refractivity contribution in [3.8, 4) is 11.8 Å². The van der Waals surface area contributed by atoms with Gasteiger partial charge in [-0.2, -0.15) is 5.26 Å². The minimum Gasteiger partial charge on any atom is -0.492 e. The molecule has 0 aliphatic carbocycles. The maximum Gasteiger partial charge on any atom is 0.254 e. The highest BCUT2D eigenvalue weighted by atomic mass is 16.5. The predicted octanol–water partition coefficient (Wildman–Crippen LogP) is 4.43. The van der Waals surface area contributed by atoms with E-state index in [2.05, 4.69) is 44.7 Å². The molecule has 192 valence electrons. The van der Waals surface area contributed by atoms with Crippen molar-refractivity contribution in [2.24, 2.45) is 0 Å². The quantitative estimate of drug-likeness (QED) is 0.479. The van der Waals surface area contributed by atoms with Gasteiger partial charge in [-0.05, 0) is 76.4 Å². The second kappa shape index (κ2) is 10.3. The van der Waals surface area contributed by atoms with Crippen LogP contribution in [0.1, 0.15) is 82.9 Å². The average molecular weight is 499 g/mol. The monoisotopic (exact) mass is 498 g/mol. The first-order valence-corrected chi connectivity index (χ1v) is 13.1. The number of fused-ring (bicyclic) bond motifs is 1. The van der Waals surface area contributed by atoms with Crippen LogP contribution in [0, 0.1) is 18.3 Å².